The fourth-order valence-corrected chi connectivity index (χ4v) is 0.0454. The second-order valence-corrected chi connectivity index (χ2v) is 0.657. The van der Waals surface area contributed by atoms with Crippen LogP contribution in [0.5, 0.6) is 0 Å². The second kappa shape index (κ2) is 336. The molecule has 0 aromatic carbocycles. The molecule has 136 valence electrons. The van der Waals surface area contributed by atoms with E-state index in [4.69, 9.17) is 24.0 Å². The molecule has 0 radical (unpaired) electrons. The van der Waals surface area contributed by atoms with E-state index in [2.05, 4.69) is 16.6 Å². The Morgan fingerprint density at radius 1 is 0.455 bits per heavy atom. The van der Waals surface area contributed by atoms with Crippen LogP contribution in [-0.4, -0.2) is 91.7 Å². The monoisotopic (exact) mass is 345 g/mol. The predicted octanol–water partition coefficient (Wildman–Crippen LogP) is -10.7. The summed E-state index contributed by atoms with van der Waals surface area (Å²) in [6, 6.07) is 0. The normalized spacial score (nSPS) is 2.05. The summed E-state index contributed by atoms with van der Waals surface area (Å²) >= 11 is 0. The Labute approximate surface area is 126 Å². The molecule has 0 aromatic rings. The molecule has 0 atom stereocenters. The molecule has 0 aliphatic heterocycles. The fourth-order valence-electron chi connectivity index (χ4n) is 0.0454. The third kappa shape index (κ3) is 945. The van der Waals surface area contributed by atoms with Crippen molar-refractivity contribution in [1.29, 1.82) is 5.16 Å². The molecule has 22 heavy (non-hydrogen) atoms. The SMILES string of the molecule is B#N.O.O.O.O.O.O.O.O.O.O.O=BOB=O.O=BOB=O. The summed E-state index contributed by atoms with van der Waals surface area (Å²) < 4.78 is 42.8. The molecule has 0 aromatic heterocycles. The zero-order chi connectivity index (χ0) is 10.2. The molecule has 0 rings (SSSR count). The van der Waals surface area contributed by atoms with E-state index >= 15 is 0 Å². The van der Waals surface area contributed by atoms with E-state index in [0.29, 0.717) is 0 Å². The Morgan fingerprint density at radius 3 is 0.545 bits per heavy atom. The fraction of sp³-hybridized carbons (Fsp3) is 0. The summed E-state index contributed by atoms with van der Waals surface area (Å²) in [5, 5.41) is 6.50. The summed E-state index contributed by atoms with van der Waals surface area (Å²) in [6.45, 7) is 0. The first-order valence-electron chi connectivity index (χ1n) is 2.14. The van der Waals surface area contributed by atoms with Crippen LogP contribution in [-0.2, 0) is 28.0 Å². The van der Waals surface area contributed by atoms with Crippen molar-refractivity contribution >= 4 is 36.9 Å². The first-order valence-corrected chi connectivity index (χ1v) is 2.14. The van der Waals surface area contributed by atoms with Crippen molar-refractivity contribution in [3.63, 3.8) is 0 Å². The maximum absolute atomic E-state index is 8.95. The third-order valence-corrected chi connectivity index (χ3v) is 0.222. The van der Waals surface area contributed by atoms with Gasteiger partial charge < -0.3 is 54.8 Å². The molecular formula is H20B5NO16. The molecule has 0 spiro atoms. The van der Waals surface area contributed by atoms with E-state index in [1.54, 1.807) is 0 Å². The van der Waals surface area contributed by atoms with Gasteiger partial charge in [0.25, 0.3) is 0 Å². The minimum atomic E-state index is 0. The van der Waals surface area contributed by atoms with Gasteiger partial charge >= 0.3 is 70.0 Å². The zero-order valence-corrected chi connectivity index (χ0v) is 10.8. The van der Waals surface area contributed by atoms with Crippen molar-refractivity contribution in [3.8, 4) is 0 Å². The van der Waals surface area contributed by atoms with Crippen LogP contribution in [0, 0.1) is 5.16 Å². The summed E-state index contributed by atoms with van der Waals surface area (Å²) in [6.07, 6.45) is 0. The van der Waals surface area contributed by atoms with Gasteiger partial charge in [-0.05, 0) is 0 Å². The molecule has 20 N–H and O–H groups in total. The Bertz CT molecular complexity index is 123. The van der Waals surface area contributed by atoms with Gasteiger partial charge in [-0.15, -0.1) is 0 Å². The van der Waals surface area contributed by atoms with Gasteiger partial charge in [0.2, 0.25) is 0 Å². The molecule has 0 heterocycles. The maximum atomic E-state index is 8.95. The molecule has 17 nitrogen and oxygen atoms in total. The zero-order valence-electron chi connectivity index (χ0n) is 10.8. The van der Waals surface area contributed by atoms with Crippen molar-refractivity contribution in [2.75, 3.05) is 0 Å². The van der Waals surface area contributed by atoms with E-state index in [1.807, 2.05) is 0 Å². The average molecular weight is 344 g/mol. The molecule has 0 amide bonds. The summed E-state index contributed by atoms with van der Waals surface area (Å²) in [4.78, 5) is 0. The van der Waals surface area contributed by atoms with E-state index < -0.39 is 0 Å². The summed E-state index contributed by atoms with van der Waals surface area (Å²) in [5.74, 6) is 0. The molecule has 0 saturated heterocycles. The van der Waals surface area contributed by atoms with Crippen molar-refractivity contribution in [1.82, 2.24) is 0 Å². The van der Waals surface area contributed by atoms with Crippen LogP contribution in [0.25, 0.3) is 0 Å². The van der Waals surface area contributed by atoms with Gasteiger partial charge in [0.05, 0.1) is 0 Å². The summed E-state index contributed by atoms with van der Waals surface area (Å²) in [7, 11) is 3.75. The Hall–Kier alpha value is -1.57. The van der Waals surface area contributed by atoms with Crippen LogP contribution in [0.2, 0.25) is 0 Å². The van der Waals surface area contributed by atoms with Crippen molar-refractivity contribution in [2.24, 2.45) is 0 Å². The quantitative estimate of drug-likeness (QED) is 0.442. The topological polar surface area (TPSA) is 426 Å². The van der Waals surface area contributed by atoms with Crippen molar-refractivity contribution in [2.45, 2.75) is 0 Å². The van der Waals surface area contributed by atoms with Crippen LogP contribution in [0.15, 0.2) is 0 Å². The van der Waals surface area contributed by atoms with E-state index in [9.17, 15) is 0 Å². The van der Waals surface area contributed by atoms with Gasteiger partial charge in [-0.2, -0.15) is 0 Å². The third-order valence-electron chi connectivity index (χ3n) is 0.222. The Kier molecular flexibility index (Phi) is 2130. The molecule has 0 unspecified atom stereocenters. The average Bonchev–Trinajstić information content (AvgIpc) is 2.12. The Balaban J connectivity index is -0.00000000426. The Morgan fingerprint density at radius 2 is 0.545 bits per heavy atom. The van der Waals surface area contributed by atoms with E-state index in [0.717, 1.165) is 0 Å². The van der Waals surface area contributed by atoms with Gasteiger partial charge in [-0.3, -0.25) is 0 Å². The number of hydrogen-bond donors (Lipinski definition) is 0. The van der Waals surface area contributed by atoms with Crippen LogP contribution < -0.4 is 0 Å². The predicted molar refractivity (Wildman–Crippen MR) is 71.5 cm³/mol. The van der Waals surface area contributed by atoms with E-state index in [-0.39, 0.29) is 84.2 Å². The van der Waals surface area contributed by atoms with Gasteiger partial charge in [0, 0.05) is 0 Å². The molecule has 0 aliphatic rings. The van der Waals surface area contributed by atoms with Crippen LogP contribution >= 0.6 is 0 Å². The molecular weight excluding hydrogens is 324 g/mol. The van der Waals surface area contributed by atoms with E-state index in [1.165, 1.54) is 0 Å². The summed E-state index contributed by atoms with van der Waals surface area (Å²) in [5.41, 5.74) is 0. The van der Waals surface area contributed by atoms with Crippen LogP contribution in [0.4, 0.5) is 0 Å². The van der Waals surface area contributed by atoms with Gasteiger partial charge in [-0.1, -0.05) is 0 Å². The molecule has 0 bridgehead atoms. The number of rotatable bonds is 4. The first kappa shape index (κ1) is 140. The standard InChI is InChI=1S/2B2O3.BN.10H2O/c2*3-1-5-2-4;1-2;;;;;;;;;;/h;;;10*1H2. The number of hydrogen-bond acceptors (Lipinski definition) is 7. The first-order chi connectivity index (χ1) is 5.83. The van der Waals surface area contributed by atoms with Gasteiger partial charge in [0.15, 0.2) is 0 Å². The van der Waals surface area contributed by atoms with Gasteiger partial charge in [0.1, 0.15) is 0 Å². The number of nitrogens with zero attached hydrogens (tertiary/aromatic N) is 1. The van der Waals surface area contributed by atoms with Crippen LogP contribution in [0.1, 0.15) is 0 Å². The molecule has 0 saturated carbocycles. The van der Waals surface area contributed by atoms with Crippen LogP contribution in [0.3, 0.4) is 0 Å². The minimum absolute atomic E-state index is 0. The molecule has 22 heteroatoms. The van der Waals surface area contributed by atoms with Crippen molar-refractivity contribution in [3.05, 3.63) is 0 Å². The van der Waals surface area contributed by atoms with Gasteiger partial charge in [-0.25, -0.2) is 0 Å². The second-order valence-electron chi connectivity index (χ2n) is 0.657. The molecule has 0 aliphatic carbocycles. The van der Waals surface area contributed by atoms with Crippen molar-refractivity contribution < 1.29 is 82.7 Å². The molecule has 0 fully saturated rings.